The monoisotopic (exact) mass is 839 g/mol. The summed E-state index contributed by atoms with van der Waals surface area (Å²) < 4.78 is 14.0. The van der Waals surface area contributed by atoms with Crippen LogP contribution in [0.3, 0.4) is 0 Å². The molecule has 0 aliphatic carbocycles. The van der Waals surface area contributed by atoms with Crippen molar-refractivity contribution in [2.24, 2.45) is 44.6 Å². The number of amides is 6. The van der Waals surface area contributed by atoms with Crippen molar-refractivity contribution < 1.29 is 33.2 Å². The summed E-state index contributed by atoms with van der Waals surface area (Å²) in [6.45, 7) is 6.52. The van der Waals surface area contributed by atoms with Gasteiger partial charge in [0.1, 0.15) is 30.0 Å². The number of carbonyl (C=O) groups excluding carboxylic acids is 6. The predicted molar refractivity (Wildman–Crippen MR) is 230 cm³/mol. The van der Waals surface area contributed by atoms with E-state index in [0.29, 0.717) is 28.8 Å². The summed E-state index contributed by atoms with van der Waals surface area (Å²) in [5.74, 6) is -0.311. The molecule has 0 aliphatic rings. The number of guanidine groups is 2. The van der Waals surface area contributed by atoms with Gasteiger partial charge in [-0.05, 0) is 79.6 Å². The van der Waals surface area contributed by atoms with Crippen molar-refractivity contribution >= 4 is 53.0 Å². The van der Waals surface area contributed by atoms with Crippen molar-refractivity contribution in [2.45, 2.75) is 84.0 Å². The number of rotatable bonds is 20. The molecule has 0 spiro atoms. The van der Waals surface area contributed by atoms with Gasteiger partial charge in [-0.3, -0.25) is 38.7 Å². The molecule has 3 rings (SSSR count). The molecule has 0 aromatic heterocycles. The van der Waals surface area contributed by atoms with Crippen LogP contribution in [0.25, 0.3) is 0 Å². The molecule has 17 nitrogen and oxygen atoms in total. The summed E-state index contributed by atoms with van der Waals surface area (Å²) in [6.07, 6.45) is 0.0999. The zero-order valence-corrected chi connectivity index (χ0v) is 34.6. The number of carbonyl (C=O) groups is 6. The molecule has 0 radical (unpaired) electrons. The van der Waals surface area contributed by atoms with Gasteiger partial charge in [0.2, 0.25) is 29.5 Å². The Hall–Kier alpha value is -7.29. The molecule has 0 aliphatic heterocycles. The van der Waals surface area contributed by atoms with E-state index < -0.39 is 65.4 Å². The standard InChI is InChI=1S/C43H54FN11O6/c1-5-9-29-10-6-7-11-32(29)41(61)55(26(4)56)36(24-28-13-17-30(44)18-14-28)40(60)54-35(23-27-15-19-31(20-16-27)51-43(48)49)39(59)53-34(22-25(2)3)38(58)52-33(37(45)57)12-8-21-50-42(46)47/h6-7,10-11,13-20,25,33-36H,8,12,21-24H2,1-4H3,(H2,45,57)(H,52,58)(H,53,59)(H,54,60)(H4,46,47,50)(H4,48,49,51). The lowest BCUT2D eigenvalue weighted by Crippen LogP contribution is -2.60. The highest BCUT2D eigenvalue weighted by Gasteiger charge is 2.37. The molecular formula is C43H54FN11O6. The first-order chi connectivity index (χ1) is 28.9. The van der Waals surface area contributed by atoms with E-state index in [1.807, 2.05) is 13.8 Å². The van der Waals surface area contributed by atoms with Crippen LogP contribution < -0.4 is 44.6 Å². The molecule has 324 valence electrons. The number of nitrogens with zero attached hydrogens (tertiary/aromatic N) is 3. The second-order valence-corrected chi connectivity index (χ2v) is 14.5. The van der Waals surface area contributed by atoms with Gasteiger partial charge in [-0.1, -0.05) is 56.2 Å². The number of hydrogen-bond acceptors (Lipinski definition) is 8. The molecule has 4 unspecified atom stereocenters. The fourth-order valence-corrected chi connectivity index (χ4v) is 6.30. The molecule has 61 heavy (non-hydrogen) atoms. The third-order valence-electron chi connectivity index (χ3n) is 9.14. The average Bonchev–Trinajstić information content (AvgIpc) is 3.19. The average molecular weight is 840 g/mol. The van der Waals surface area contributed by atoms with E-state index in [1.165, 1.54) is 30.3 Å². The Labute approximate surface area is 354 Å². The van der Waals surface area contributed by atoms with E-state index in [1.54, 1.807) is 49.4 Å². The van der Waals surface area contributed by atoms with Gasteiger partial charge in [-0.25, -0.2) is 9.38 Å². The molecule has 18 heteroatoms. The number of aliphatic imine (C=N–C) groups is 2. The summed E-state index contributed by atoms with van der Waals surface area (Å²) in [6, 6.07) is 12.6. The third kappa shape index (κ3) is 15.4. The minimum absolute atomic E-state index is 0.0483. The second kappa shape index (κ2) is 23.3. The van der Waals surface area contributed by atoms with Gasteiger partial charge in [0.05, 0.1) is 11.3 Å². The second-order valence-electron chi connectivity index (χ2n) is 14.5. The zero-order chi connectivity index (χ0) is 45.2. The zero-order valence-electron chi connectivity index (χ0n) is 34.6. The Balaban J connectivity index is 2.08. The van der Waals surface area contributed by atoms with Crippen LogP contribution in [-0.4, -0.2) is 83.0 Å². The Morgan fingerprint density at radius 2 is 1.31 bits per heavy atom. The van der Waals surface area contributed by atoms with Gasteiger partial charge in [0.15, 0.2) is 11.9 Å². The number of primary amides is 1. The van der Waals surface area contributed by atoms with E-state index in [-0.39, 0.29) is 55.6 Å². The lowest BCUT2D eigenvalue weighted by atomic mass is 9.98. The first-order valence-electron chi connectivity index (χ1n) is 19.4. The molecule has 0 fully saturated rings. The van der Waals surface area contributed by atoms with Crippen molar-refractivity contribution in [3.05, 3.63) is 101 Å². The van der Waals surface area contributed by atoms with Crippen LogP contribution in [0.1, 0.15) is 74.0 Å². The third-order valence-corrected chi connectivity index (χ3v) is 9.14. The smallest absolute Gasteiger partial charge is 0.262 e. The van der Waals surface area contributed by atoms with Gasteiger partial charge in [-0.15, -0.1) is 5.92 Å². The molecule has 0 saturated heterocycles. The van der Waals surface area contributed by atoms with Gasteiger partial charge in [0, 0.05) is 31.9 Å². The van der Waals surface area contributed by atoms with Crippen LogP contribution in [0, 0.1) is 23.6 Å². The van der Waals surface area contributed by atoms with Gasteiger partial charge >= 0.3 is 0 Å². The van der Waals surface area contributed by atoms with Crippen molar-refractivity contribution in [2.75, 3.05) is 6.54 Å². The minimum atomic E-state index is -1.57. The van der Waals surface area contributed by atoms with Crippen LogP contribution in [0.5, 0.6) is 0 Å². The van der Waals surface area contributed by atoms with Crippen molar-refractivity contribution in [3.63, 3.8) is 0 Å². The maximum absolute atomic E-state index is 14.6. The number of nitrogens with two attached hydrogens (primary N) is 5. The van der Waals surface area contributed by atoms with Crippen LogP contribution in [-0.2, 0) is 36.8 Å². The quantitative estimate of drug-likeness (QED) is 0.0345. The first-order valence-corrected chi connectivity index (χ1v) is 19.4. The lowest BCUT2D eigenvalue weighted by Gasteiger charge is -2.31. The van der Waals surface area contributed by atoms with E-state index in [2.05, 4.69) is 37.8 Å². The minimum Gasteiger partial charge on any atom is -0.370 e. The lowest BCUT2D eigenvalue weighted by molar-refractivity contribution is -0.138. The summed E-state index contributed by atoms with van der Waals surface area (Å²) >= 11 is 0. The summed E-state index contributed by atoms with van der Waals surface area (Å²) in [5.41, 5.74) is 29.1. The molecule has 3 aromatic carbocycles. The summed E-state index contributed by atoms with van der Waals surface area (Å²) in [7, 11) is 0. The molecule has 6 amide bonds. The largest absolute Gasteiger partial charge is 0.370 e. The van der Waals surface area contributed by atoms with E-state index in [9.17, 15) is 33.2 Å². The first kappa shape index (κ1) is 48.1. The Morgan fingerprint density at radius 3 is 1.89 bits per heavy atom. The molecule has 13 N–H and O–H groups in total. The fraction of sp³-hybridized carbons (Fsp3) is 0.349. The van der Waals surface area contributed by atoms with Crippen molar-refractivity contribution in [3.8, 4) is 11.8 Å². The molecule has 4 atom stereocenters. The Morgan fingerprint density at radius 1 is 0.738 bits per heavy atom. The van der Waals surface area contributed by atoms with E-state index in [4.69, 9.17) is 28.7 Å². The molecule has 3 aromatic rings. The Kier molecular flexibility index (Phi) is 18.4. The highest BCUT2D eigenvalue weighted by atomic mass is 19.1. The predicted octanol–water partition coefficient (Wildman–Crippen LogP) is 0.984. The van der Waals surface area contributed by atoms with Gasteiger partial charge < -0.3 is 44.6 Å². The number of halogens is 1. The topological polar surface area (TPSA) is 297 Å². The maximum atomic E-state index is 14.6. The molecular weight excluding hydrogens is 786 g/mol. The molecule has 0 bridgehead atoms. The van der Waals surface area contributed by atoms with Crippen molar-refractivity contribution in [1.82, 2.24) is 20.9 Å². The highest BCUT2D eigenvalue weighted by molar-refractivity contribution is 6.09. The highest BCUT2D eigenvalue weighted by Crippen LogP contribution is 2.20. The maximum Gasteiger partial charge on any atom is 0.262 e. The number of imide groups is 1. The van der Waals surface area contributed by atoms with Crippen LogP contribution in [0.2, 0.25) is 0 Å². The molecule has 0 heterocycles. The fourth-order valence-electron chi connectivity index (χ4n) is 6.30. The number of hydrogen-bond donors (Lipinski definition) is 8. The number of benzene rings is 3. The molecule has 0 saturated carbocycles. The van der Waals surface area contributed by atoms with Crippen molar-refractivity contribution in [1.29, 1.82) is 0 Å². The summed E-state index contributed by atoms with van der Waals surface area (Å²) in [4.78, 5) is 91.5. The van der Waals surface area contributed by atoms with E-state index in [0.717, 1.165) is 11.8 Å². The van der Waals surface area contributed by atoms with Crippen LogP contribution >= 0.6 is 0 Å². The Bertz CT molecular complexity index is 2160. The van der Waals surface area contributed by atoms with Gasteiger partial charge in [-0.2, -0.15) is 0 Å². The summed E-state index contributed by atoms with van der Waals surface area (Å²) in [5, 5.41) is 8.05. The SMILES string of the molecule is CC#Cc1ccccc1C(=O)N(C(C)=O)C(Cc1ccc(F)cc1)C(=O)NC(Cc1ccc(N=C(N)N)cc1)C(=O)NC(CC(C)C)C(=O)NC(CCCN=C(N)N)C(N)=O. The van der Waals surface area contributed by atoms with Crippen LogP contribution in [0.4, 0.5) is 10.1 Å². The van der Waals surface area contributed by atoms with Crippen LogP contribution in [0.15, 0.2) is 82.8 Å². The van der Waals surface area contributed by atoms with E-state index >= 15 is 0 Å². The van der Waals surface area contributed by atoms with Gasteiger partial charge in [0.25, 0.3) is 5.91 Å². The normalized spacial score (nSPS) is 12.6. The number of nitrogens with one attached hydrogen (secondary N) is 3.